The molecule has 0 amide bonds. The van der Waals surface area contributed by atoms with Crippen LogP contribution in [0.3, 0.4) is 0 Å². The highest BCUT2D eigenvalue weighted by atomic mass is 19.4. The lowest BCUT2D eigenvalue weighted by atomic mass is 9.12. The molecule has 0 spiro atoms. The number of benzene rings is 6. The summed E-state index contributed by atoms with van der Waals surface area (Å²) in [7, 11) is 0. The number of rotatable bonds is 8. The van der Waals surface area contributed by atoms with Gasteiger partial charge in [0.05, 0.1) is 44.5 Å². The Morgan fingerprint density at radius 1 is 0.354 bits per heavy atom. The number of aryl methyl sites for hydroxylation is 1. The van der Waals surface area contributed by atoms with Crippen molar-refractivity contribution in [3.63, 3.8) is 0 Å². The van der Waals surface area contributed by atoms with Crippen molar-refractivity contribution in [2.24, 2.45) is 0 Å². The first kappa shape index (κ1) is 60.7. The molecule has 0 saturated carbocycles. The fourth-order valence-corrected chi connectivity index (χ4v) is 8.54. The standard InChI is InChI=1S/C32H12BF24.C20H18NO/c34-25(35,36)13-1-14(26(37,38)39)6-21(5-13)33(22-7-15(27(40,41)42)2-16(8-22)28(43,44)45,23-9-17(29(46,47)48)3-18(10-23)30(49,50)51)24-11-19(31(52,53)54)4-20(12-24)32(55,56)57;1-16-10-12-17(13-11-16)19-9-5-6-14-21(19)15-20(22)18-7-3-2-4-8-18/h1-12H;2-14H,15H2,1H3/q-1;+1. The van der Waals surface area contributed by atoms with Gasteiger partial charge in [-0.1, -0.05) is 96.6 Å². The number of nitrogens with zero attached hydrogens (tertiary/aromatic N) is 1. The number of pyridine rings is 1. The van der Waals surface area contributed by atoms with E-state index in [1.54, 1.807) is 0 Å². The van der Waals surface area contributed by atoms with Gasteiger partial charge < -0.3 is 0 Å². The molecule has 0 bridgehead atoms. The van der Waals surface area contributed by atoms with Crippen molar-refractivity contribution in [3.8, 4) is 11.3 Å². The molecule has 0 aliphatic rings. The number of carbonyl (C=O) groups excluding carboxylic acids is 1. The highest BCUT2D eigenvalue weighted by Crippen LogP contribution is 2.41. The van der Waals surface area contributed by atoms with E-state index in [2.05, 4.69) is 31.2 Å². The summed E-state index contributed by atoms with van der Waals surface area (Å²) >= 11 is 0. The van der Waals surface area contributed by atoms with Crippen LogP contribution >= 0.6 is 0 Å². The van der Waals surface area contributed by atoms with Crippen molar-refractivity contribution >= 4 is 33.8 Å². The van der Waals surface area contributed by atoms with Crippen molar-refractivity contribution in [1.29, 1.82) is 0 Å². The highest BCUT2D eigenvalue weighted by Gasteiger charge is 2.47. The smallest absolute Gasteiger partial charge is 0.287 e. The molecule has 2 nitrogen and oxygen atoms in total. The molecule has 27 heteroatoms. The Labute approximate surface area is 429 Å². The molecular formula is C52H30BF24NO. The van der Waals surface area contributed by atoms with Gasteiger partial charge in [-0.2, -0.15) is 132 Å². The first-order chi connectivity index (χ1) is 36.0. The maximum atomic E-state index is 14.2. The summed E-state index contributed by atoms with van der Waals surface area (Å²) < 4.78 is 343. The molecule has 7 rings (SSSR count). The van der Waals surface area contributed by atoms with E-state index in [1.807, 2.05) is 59.3 Å². The molecule has 0 fully saturated rings. The van der Waals surface area contributed by atoms with Gasteiger partial charge in [0.2, 0.25) is 18.0 Å². The van der Waals surface area contributed by atoms with Crippen LogP contribution in [0.1, 0.15) is 60.4 Å². The second-order valence-corrected chi connectivity index (χ2v) is 17.6. The maximum absolute atomic E-state index is 14.2. The predicted molar refractivity (Wildman–Crippen MR) is 238 cm³/mol. The summed E-state index contributed by atoms with van der Waals surface area (Å²) in [6.45, 7) is 2.41. The molecule has 1 heterocycles. The quantitative estimate of drug-likeness (QED) is 0.0643. The van der Waals surface area contributed by atoms with Crippen molar-refractivity contribution in [2.45, 2.75) is 62.9 Å². The molecule has 0 N–H and O–H groups in total. The lowest BCUT2D eigenvalue weighted by molar-refractivity contribution is -0.672. The first-order valence-electron chi connectivity index (χ1n) is 22.0. The SMILES string of the molecule is Cc1ccc(-c2cccc[n+]2CC(=O)c2ccccc2)cc1.FC(F)(F)c1cc([B-](c2cc(C(F)(F)F)cc(C(F)(F)F)c2)(c2cc(C(F)(F)F)cc(C(F)(F)F)c2)c2cc(C(F)(F)F)cc(C(F)(F)F)c2)cc(C(F)(F)F)c1. The van der Waals surface area contributed by atoms with E-state index in [1.165, 1.54) is 5.56 Å². The molecule has 79 heavy (non-hydrogen) atoms. The zero-order valence-electron chi connectivity index (χ0n) is 39.1. The van der Waals surface area contributed by atoms with Crippen molar-refractivity contribution < 1.29 is 115 Å². The number of halogens is 24. The van der Waals surface area contributed by atoms with Crippen molar-refractivity contribution in [2.75, 3.05) is 0 Å². The van der Waals surface area contributed by atoms with Crippen LogP contribution in [-0.2, 0) is 56.0 Å². The van der Waals surface area contributed by atoms with Gasteiger partial charge in [-0.05, 0) is 49.4 Å². The Hall–Kier alpha value is -7.48. The lowest BCUT2D eigenvalue weighted by Gasteiger charge is -2.46. The summed E-state index contributed by atoms with van der Waals surface area (Å²) in [6, 6.07) is 15.0. The topological polar surface area (TPSA) is 20.9 Å². The Morgan fingerprint density at radius 3 is 0.886 bits per heavy atom. The van der Waals surface area contributed by atoms with Crippen molar-refractivity contribution in [1.82, 2.24) is 0 Å². The molecule has 7 aromatic rings. The van der Waals surface area contributed by atoms with Gasteiger partial charge in [0.25, 0.3) is 0 Å². The summed E-state index contributed by atoms with van der Waals surface area (Å²) in [6.07, 6.45) is -52.9. The van der Waals surface area contributed by atoms with Crippen LogP contribution in [0.25, 0.3) is 11.3 Å². The van der Waals surface area contributed by atoms with Crippen LogP contribution in [0.2, 0.25) is 0 Å². The van der Waals surface area contributed by atoms with Crippen LogP contribution in [0.4, 0.5) is 105 Å². The van der Waals surface area contributed by atoms with Gasteiger partial charge in [-0.3, -0.25) is 4.79 Å². The van der Waals surface area contributed by atoms with Crippen LogP contribution in [-0.4, -0.2) is 11.9 Å². The number of aromatic nitrogens is 1. The Bertz CT molecular complexity index is 2890. The van der Waals surface area contributed by atoms with Gasteiger partial charge in [0, 0.05) is 23.3 Å². The number of ketones is 1. The molecule has 420 valence electrons. The zero-order valence-corrected chi connectivity index (χ0v) is 39.1. The van der Waals surface area contributed by atoms with E-state index in [4.69, 9.17) is 0 Å². The fourth-order valence-electron chi connectivity index (χ4n) is 8.54. The minimum Gasteiger partial charge on any atom is -0.287 e. The predicted octanol–water partition coefficient (Wildman–Crippen LogP) is 15.0. The Kier molecular flexibility index (Phi) is 16.4. The number of Topliss-reactive ketones (excluding diaryl/α,β-unsaturated/α-hetero) is 1. The molecule has 0 aliphatic carbocycles. The summed E-state index contributed by atoms with van der Waals surface area (Å²) in [5.41, 5.74) is -26.1. The van der Waals surface area contributed by atoms with Gasteiger partial charge in [-0.15, -0.1) is 0 Å². The maximum Gasteiger partial charge on any atom is 0.416 e. The number of hydrogen-bond acceptors (Lipinski definition) is 1. The fraction of sp³-hybridized carbons (Fsp3) is 0.192. The van der Waals surface area contributed by atoms with Crippen LogP contribution in [0, 0.1) is 6.92 Å². The summed E-state index contributed by atoms with van der Waals surface area (Å²) in [5.74, 6) is 0.116. The number of alkyl halides is 24. The largest absolute Gasteiger partial charge is 0.416 e. The second kappa shape index (κ2) is 21.3. The molecule has 6 aromatic carbocycles. The van der Waals surface area contributed by atoms with Crippen LogP contribution < -0.4 is 26.4 Å². The minimum absolute atomic E-state index is 0.116. The highest BCUT2D eigenvalue weighted by molar-refractivity contribution is 7.20. The Balaban J connectivity index is 0.000000378. The van der Waals surface area contributed by atoms with E-state index in [0.29, 0.717) is 6.54 Å². The van der Waals surface area contributed by atoms with E-state index < -0.39 is 195 Å². The molecule has 0 aliphatic heterocycles. The first-order valence-corrected chi connectivity index (χ1v) is 22.0. The molecule has 0 radical (unpaired) electrons. The van der Waals surface area contributed by atoms with Gasteiger partial charge in [0.1, 0.15) is 6.15 Å². The van der Waals surface area contributed by atoms with Crippen LogP contribution in [0.15, 0.2) is 152 Å². The third-order valence-corrected chi connectivity index (χ3v) is 12.1. The normalized spacial score (nSPS) is 13.2. The summed E-state index contributed by atoms with van der Waals surface area (Å²) in [5, 5.41) is 0. The molecule has 0 atom stereocenters. The third-order valence-electron chi connectivity index (χ3n) is 12.1. The number of hydrogen-bond donors (Lipinski definition) is 0. The van der Waals surface area contributed by atoms with Gasteiger partial charge >= 0.3 is 49.4 Å². The van der Waals surface area contributed by atoms with E-state index in [9.17, 15) is 110 Å². The van der Waals surface area contributed by atoms with E-state index >= 15 is 0 Å². The summed E-state index contributed by atoms with van der Waals surface area (Å²) in [4.78, 5) is 12.4. The Morgan fingerprint density at radius 2 is 0.620 bits per heavy atom. The monoisotopic (exact) mass is 1150 g/mol. The second-order valence-electron chi connectivity index (χ2n) is 17.6. The molecule has 0 saturated heterocycles. The van der Waals surface area contributed by atoms with E-state index in [0.717, 1.165) is 16.8 Å². The average Bonchev–Trinajstić information content (AvgIpc) is 3.52. The molecule has 0 unspecified atom stereocenters. The van der Waals surface area contributed by atoms with Crippen LogP contribution in [0.5, 0.6) is 0 Å². The minimum atomic E-state index is -6.13. The zero-order chi connectivity index (χ0) is 59.3. The molecular weight excluding hydrogens is 1120 g/mol. The average molecular weight is 1150 g/mol. The van der Waals surface area contributed by atoms with Gasteiger partial charge in [-0.25, -0.2) is 0 Å². The van der Waals surface area contributed by atoms with Crippen molar-refractivity contribution in [3.05, 3.63) is 207 Å². The lowest BCUT2D eigenvalue weighted by Crippen LogP contribution is -2.75. The number of carbonyl (C=O) groups is 1. The third kappa shape index (κ3) is 14.1. The van der Waals surface area contributed by atoms with Gasteiger partial charge in [0.15, 0.2) is 6.20 Å². The molecule has 1 aromatic heterocycles. The van der Waals surface area contributed by atoms with E-state index in [-0.39, 0.29) is 5.78 Å².